The van der Waals surface area contributed by atoms with E-state index in [2.05, 4.69) is 21.2 Å². The first-order valence-electron chi connectivity index (χ1n) is 3.16. The number of amides is 1. The van der Waals surface area contributed by atoms with Gasteiger partial charge in [-0.05, 0) is 12.3 Å². The molecular formula is C6H13Br2NO2. The van der Waals surface area contributed by atoms with Crippen molar-refractivity contribution in [3.05, 3.63) is 0 Å². The summed E-state index contributed by atoms with van der Waals surface area (Å²) in [6.45, 7) is 4.08. The number of alkyl halides is 1. The number of hydrogen-bond donors (Lipinski definition) is 2. The summed E-state index contributed by atoms with van der Waals surface area (Å²) in [6, 6.07) is 0. The normalized spacial score (nSPS) is 12.0. The zero-order chi connectivity index (χ0) is 8.15. The molecule has 1 amide bonds. The number of rotatable bonds is 3. The number of carboxylic acid groups (broad SMARTS) is 1. The Morgan fingerprint density at radius 2 is 2.09 bits per heavy atom. The van der Waals surface area contributed by atoms with Gasteiger partial charge in [0.25, 0.3) is 0 Å². The van der Waals surface area contributed by atoms with Crippen molar-refractivity contribution in [2.75, 3.05) is 0 Å². The van der Waals surface area contributed by atoms with Crippen LogP contribution < -0.4 is 5.32 Å². The molecule has 11 heavy (non-hydrogen) atoms. The summed E-state index contributed by atoms with van der Waals surface area (Å²) in [5.41, 5.74) is 0. The van der Waals surface area contributed by atoms with Crippen LogP contribution >= 0.6 is 32.9 Å². The second-order valence-electron chi connectivity index (χ2n) is 2.55. The molecule has 0 radical (unpaired) electrons. The van der Waals surface area contributed by atoms with E-state index in [0.717, 1.165) is 6.42 Å². The van der Waals surface area contributed by atoms with Crippen LogP contribution in [0.25, 0.3) is 0 Å². The predicted octanol–water partition coefficient (Wildman–Crippen LogP) is 2.60. The van der Waals surface area contributed by atoms with Crippen molar-refractivity contribution in [1.29, 1.82) is 0 Å². The van der Waals surface area contributed by atoms with E-state index in [0.29, 0.717) is 5.92 Å². The molecule has 0 fully saturated rings. The van der Waals surface area contributed by atoms with E-state index in [1.54, 1.807) is 0 Å². The maximum absolute atomic E-state index is 10.1. The first-order chi connectivity index (χ1) is 4.52. The van der Waals surface area contributed by atoms with Crippen molar-refractivity contribution in [3.8, 4) is 0 Å². The van der Waals surface area contributed by atoms with Crippen LogP contribution in [0, 0.1) is 5.92 Å². The lowest BCUT2D eigenvalue weighted by atomic mass is 10.1. The predicted molar refractivity (Wildman–Crippen MR) is 53.7 cm³/mol. The van der Waals surface area contributed by atoms with Crippen molar-refractivity contribution in [2.24, 2.45) is 5.92 Å². The number of halogens is 2. The minimum Gasteiger partial charge on any atom is -0.465 e. The highest BCUT2D eigenvalue weighted by Gasteiger charge is 2.07. The van der Waals surface area contributed by atoms with Crippen molar-refractivity contribution in [2.45, 2.75) is 25.2 Å². The molecule has 0 aromatic carbocycles. The Labute approximate surface area is 85.4 Å². The quantitative estimate of drug-likeness (QED) is 0.620. The van der Waals surface area contributed by atoms with Crippen LogP contribution in [0.3, 0.4) is 0 Å². The van der Waals surface area contributed by atoms with E-state index < -0.39 is 6.09 Å². The van der Waals surface area contributed by atoms with Crippen molar-refractivity contribution >= 4 is 39.0 Å². The van der Waals surface area contributed by atoms with E-state index in [1.165, 1.54) is 0 Å². The molecule has 0 heterocycles. The van der Waals surface area contributed by atoms with Crippen molar-refractivity contribution < 1.29 is 9.90 Å². The summed E-state index contributed by atoms with van der Waals surface area (Å²) in [5.74, 6) is 0.497. The van der Waals surface area contributed by atoms with Gasteiger partial charge in [0, 0.05) is 0 Å². The molecule has 2 N–H and O–H groups in total. The number of hydrogen-bond acceptors (Lipinski definition) is 1. The fraction of sp³-hybridized carbons (Fsp3) is 0.833. The second kappa shape index (κ2) is 6.91. The molecule has 5 heteroatoms. The highest BCUT2D eigenvalue weighted by molar-refractivity contribution is 9.09. The first kappa shape index (κ1) is 13.8. The Morgan fingerprint density at radius 3 is 2.36 bits per heavy atom. The van der Waals surface area contributed by atoms with Gasteiger partial charge >= 0.3 is 6.09 Å². The summed E-state index contributed by atoms with van der Waals surface area (Å²) in [7, 11) is 0. The minimum atomic E-state index is -0.984. The van der Waals surface area contributed by atoms with Gasteiger partial charge in [-0.3, -0.25) is 0 Å². The van der Waals surface area contributed by atoms with E-state index in [1.807, 2.05) is 13.8 Å². The summed E-state index contributed by atoms with van der Waals surface area (Å²) in [6.07, 6.45) is -0.172. The largest absolute Gasteiger partial charge is 0.465 e. The molecule has 0 saturated carbocycles. The van der Waals surface area contributed by atoms with Crippen LogP contribution in [0.5, 0.6) is 0 Å². The van der Waals surface area contributed by atoms with E-state index in [-0.39, 0.29) is 21.9 Å². The van der Waals surface area contributed by atoms with Crippen LogP contribution in [-0.2, 0) is 0 Å². The lowest BCUT2D eigenvalue weighted by Crippen LogP contribution is -2.29. The molecule has 0 bridgehead atoms. The fourth-order valence-electron chi connectivity index (χ4n) is 0.607. The van der Waals surface area contributed by atoms with Crippen LogP contribution in [0.4, 0.5) is 4.79 Å². The SMILES string of the molecule is Br.CC(C)CC(Br)NC(=O)O. The maximum atomic E-state index is 10.1. The minimum absolute atomic E-state index is 0. The van der Waals surface area contributed by atoms with Gasteiger partial charge in [-0.2, -0.15) is 0 Å². The molecule has 0 saturated heterocycles. The van der Waals surface area contributed by atoms with Gasteiger partial charge in [0.1, 0.15) is 0 Å². The monoisotopic (exact) mass is 289 g/mol. The molecule has 0 aliphatic heterocycles. The zero-order valence-electron chi connectivity index (χ0n) is 6.50. The molecular weight excluding hydrogens is 278 g/mol. The molecule has 0 spiro atoms. The Kier molecular flexibility index (Phi) is 8.67. The third-order valence-electron chi connectivity index (χ3n) is 0.958. The molecule has 0 aromatic heterocycles. The van der Waals surface area contributed by atoms with Crippen LogP contribution in [0.15, 0.2) is 0 Å². The van der Waals surface area contributed by atoms with Crippen molar-refractivity contribution in [1.82, 2.24) is 5.32 Å². The summed E-state index contributed by atoms with van der Waals surface area (Å²) >= 11 is 3.19. The zero-order valence-corrected chi connectivity index (χ0v) is 9.80. The average molecular weight is 291 g/mol. The van der Waals surface area contributed by atoms with E-state index in [4.69, 9.17) is 5.11 Å². The third-order valence-corrected chi connectivity index (χ3v) is 1.56. The van der Waals surface area contributed by atoms with Gasteiger partial charge in [0.2, 0.25) is 0 Å². The van der Waals surface area contributed by atoms with Gasteiger partial charge in [-0.1, -0.05) is 29.8 Å². The molecule has 1 unspecified atom stereocenters. The molecule has 1 atom stereocenters. The van der Waals surface area contributed by atoms with Gasteiger partial charge in [-0.25, -0.2) is 4.79 Å². The molecule has 68 valence electrons. The summed E-state index contributed by atoms with van der Waals surface area (Å²) in [5, 5.41) is 10.6. The maximum Gasteiger partial charge on any atom is 0.405 e. The lowest BCUT2D eigenvalue weighted by Gasteiger charge is -2.10. The summed E-state index contributed by atoms with van der Waals surface area (Å²) in [4.78, 5) is 9.93. The Morgan fingerprint density at radius 1 is 1.64 bits per heavy atom. The van der Waals surface area contributed by atoms with E-state index >= 15 is 0 Å². The van der Waals surface area contributed by atoms with Crippen LogP contribution in [0.2, 0.25) is 0 Å². The van der Waals surface area contributed by atoms with Crippen LogP contribution in [0.1, 0.15) is 20.3 Å². The molecule has 3 nitrogen and oxygen atoms in total. The molecule has 0 aromatic rings. The summed E-state index contributed by atoms with van der Waals surface area (Å²) < 4.78 is 0. The average Bonchev–Trinajstić information content (AvgIpc) is 1.58. The van der Waals surface area contributed by atoms with Gasteiger partial charge < -0.3 is 10.4 Å². The standard InChI is InChI=1S/C6H12BrNO2.BrH/c1-4(2)3-5(7)8-6(9)10;/h4-5,8H,3H2,1-2H3,(H,9,10);1H. The van der Waals surface area contributed by atoms with E-state index in [9.17, 15) is 4.79 Å². The second-order valence-corrected chi connectivity index (χ2v) is 3.65. The van der Waals surface area contributed by atoms with Crippen molar-refractivity contribution in [3.63, 3.8) is 0 Å². The van der Waals surface area contributed by atoms with Crippen LogP contribution in [-0.4, -0.2) is 16.2 Å². The lowest BCUT2D eigenvalue weighted by molar-refractivity contribution is 0.193. The molecule has 0 rings (SSSR count). The Hall–Kier alpha value is 0.230. The smallest absolute Gasteiger partial charge is 0.405 e. The first-order valence-corrected chi connectivity index (χ1v) is 4.07. The van der Waals surface area contributed by atoms with Gasteiger partial charge in [0.15, 0.2) is 0 Å². The molecule has 0 aliphatic rings. The Balaban J connectivity index is 0. The highest BCUT2D eigenvalue weighted by Crippen LogP contribution is 2.09. The topological polar surface area (TPSA) is 49.3 Å². The highest BCUT2D eigenvalue weighted by atomic mass is 79.9. The fourth-order valence-corrected chi connectivity index (χ4v) is 1.55. The third kappa shape index (κ3) is 10.2. The Bertz CT molecular complexity index is 119. The number of carbonyl (C=O) groups is 1. The number of nitrogens with one attached hydrogen (secondary N) is 1. The van der Waals surface area contributed by atoms with Gasteiger partial charge in [-0.15, -0.1) is 17.0 Å². The molecule has 0 aliphatic carbocycles. The van der Waals surface area contributed by atoms with Gasteiger partial charge in [0.05, 0.1) is 4.95 Å².